The molecule has 0 aromatic carbocycles. The number of aliphatic carboxylic acids is 1. The third-order valence-corrected chi connectivity index (χ3v) is 5.67. The second-order valence-electron chi connectivity index (χ2n) is 5.99. The van der Waals surface area contributed by atoms with Crippen molar-refractivity contribution < 1.29 is 14.7 Å². The van der Waals surface area contributed by atoms with Crippen LogP contribution in [0.25, 0.3) is 0 Å². The minimum absolute atomic E-state index is 0.0622. The van der Waals surface area contributed by atoms with Crippen LogP contribution >= 0.6 is 11.8 Å². The predicted octanol–water partition coefficient (Wildman–Crippen LogP) is 1.82. The fraction of sp³-hybridized carbons (Fsp3) is 0.846. The Hall–Kier alpha value is -0.910. The number of hydrogen-bond acceptors (Lipinski definition) is 3. The van der Waals surface area contributed by atoms with Gasteiger partial charge in [0.25, 0.3) is 0 Å². The Morgan fingerprint density at radius 3 is 2.63 bits per heavy atom. The summed E-state index contributed by atoms with van der Waals surface area (Å²) in [6.45, 7) is 4.32. The Balaban J connectivity index is 1.84. The molecule has 2 fully saturated rings. The maximum Gasteiger partial charge on any atom is 0.329 e. The van der Waals surface area contributed by atoms with Gasteiger partial charge < -0.3 is 15.7 Å². The summed E-state index contributed by atoms with van der Waals surface area (Å²) >= 11 is 1.87. The molecular weight excluding hydrogens is 264 g/mol. The molecule has 0 radical (unpaired) electrons. The number of hydrogen-bond donors (Lipinski definition) is 3. The zero-order chi connectivity index (χ0) is 14.1. The Kier molecular flexibility index (Phi) is 3.99. The lowest BCUT2D eigenvalue weighted by molar-refractivity contribution is -0.144. The van der Waals surface area contributed by atoms with Gasteiger partial charge in [0.15, 0.2) is 0 Å². The summed E-state index contributed by atoms with van der Waals surface area (Å²) < 4.78 is 0.0938. The SMILES string of the molecule is CC1(CNC(=O)NC(C)(C(=O)O)C2CC2)CCCS1. The molecule has 108 valence electrons. The minimum atomic E-state index is -1.13. The Labute approximate surface area is 117 Å². The van der Waals surface area contributed by atoms with Gasteiger partial charge in [-0.05, 0) is 51.2 Å². The third-order valence-electron chi connectivity index (χ3n) is 4.13. The molecule has 2 amide bonds. The zero-order valence-electron chi connectivity index (χ0n) is 11.5. The molecular formula is C13H22N2O3S. The largest absolute Gasteiger partial charge is 0.480 e. The predicted molar refractivity (Wildman–Crippen MR) is 75.4 cm³/mol. The van der Waals surface area contributed by atoms with Crippen LogP contribution in [0.15, 0.2) is 0 Å². The summed E-state index contributed by atoms with van der Waals surface area (Å²) in [6, 6.07) is -0.370. The van der Waals surface area contributed by atoms with Crippen LogP contribution in [0, 0.1) is 5.92 Å². The van der Waals surface area contributed by atoms with E-state index in [1.165, 1.54) is 6.42 Å². The molecule has 1 saturated carbocycles. The Morgan fingerprint density at radius 1 is 1.47 bits per heavy atom. The summed E-state index contributed by atoms with van der Waals surface area (Å²) in [6.07, 6.45) is 4.02. The molecule has 1 heterocycles. The minimum Gasteiger partial charge on any atom is -0.480 e. The highest BCUT2D eigenvalue weighted by molar-refractivity contribution is 8.00. The quantitative estimate of drug-likeness (QED) is 0.720. The van der Waals surface area contributed by atoms with Gasteiger partial charge in [0.05, 0.1) is 0 Å². The second kappa shape index (κ2) is 5.23. The molecule has 0 spiro atoms. The summed E-state index contributed by atoms with van der Waals surface area (Å²) in [7, 11) is 0. The van der Waals surface area contributed by atoms with Crippen molar-refractivity contribution >= 4 is 23.8 Å². The van der Waals surface area contributed by atoms with Gasteiger partial charge in [0.2, 0.25) is 0 Å². The highest BCUT2D eigenvalue weighted by Crippen LogP contribution is 2.40. The molecule has 2 aliphatic rings. The molecule has 0 bridgehead atoms. The van der Waals surface area contributed by atoms with E-state index in [9.17, 15) is 14.7 Å². The fourth-order valence-electron chi connectivity index (χ4n) is 2.51. The highest BCUT2D eigenvalue weighted by Gasteiger charge is 2.48. The maximum absolute atomic E-state index is 11.9. The van der Waals surface area contributed by atoms with Gasteiger partial charge in [-0.1, -0.05) is 0 Å². The fourth-order valence-corrected chi connectivity index (χ4v) is 3.76. The number of carbonyl (C=O) groups is 2. The van der Waals surface area contributed by atoms with E-state index in [2.05, 4.69) is 17.6 Å². The molecule has 2 atom stereocenters. The first-order chi connectivity index (χ1) is 8.86. The average molecular weight is 286 g/mol. The van der Waals surface area contributed by atoms with E-state index >= 15 is 0 Å². The number of urea groups is 1. The summed E-state index contributed by atoms with van der Waals surface area (Å²) in [5, 5.41) is 14.7. The van der Waals surface area contributed by atoms with Gasteiger partial charge in [-0.3, -0.25) is 0 Å². The molecule has 2 unspecified atom stereocenters. The van der Waals surface area contributed by atoms with Gasteiger partial charge in [-0.15, -0.1) is 0 Å². The van der Waals surface area contributed by atoms with Crippen molar-refractivity contribution in [1.82, 2.24) is 10.6 Å². The van der Waals surface area contributed by atoms with E-state index in [-0.39, 0.29) is 16.7 Å². The van der Waals surface area contributed by atoms with Gasteiger partial charge >= 0.3 is 12.0 Å². The number of rotatable bonds is 5. The van der Waals surface area contributed by atoms with Gasteiger partial charge in [0, 0.05) is 11.3 Å². The van der Waals surface area contributed by atoms with E-state index < -0.39 is 11.5 Å². The topological polar surface area (TPSA) is 78.4 Å². The third kappa shape index (κ3) is 3.35. The first kappa shape index (κ1) is 14.5. The Morgan fingerprint density at radius 2 is 2.16 bits per heavy atom. The highest BCUT2D eigenvalue weighted by atomic mass is 32.2. The van der Waals surface area contributed by atoms with Crippen molar-refractivity contribution in [2.45, 2.75) is 49.8 Å². The standard InChI is InChI=1S/C13H22N2O3S/c1-12(6-3-7-19-12)8-14-11(18)15-13(2,10(16)17)9-4-5-9/h9H,3-8H2,1-2H3,(H,16,17)(H2,14,15,18). The molecule has 1 aliphatic heterocycles. The van der Waals surface area contributed by atoms with Crippen molar-refractivity contribution in [3.63, 3.8) is 0 Å². The van der Waals surface area contributed by atoms with Crippen LogP contribution in [-0.2, 0) is 4.79 Å². The molecule has 2 rings (SSSR count). The summed E-state index contributed by atoms with van der Waals surface area (Å²) in [4.78, 5) is 23.2. The van der Waals surface area contributed by atoms with Crippen molar-refractivity contribution in [3.05, 3.63) is 0 Å². The van der Waals surface area contributed by atoms with E-state index in [4.69, 9.17) is 0 Å². The van der Waals surface area contributed by atoms with Gasteiger partial charge in [0.1, 0.15) is 5.54 Å². The lowest BCUT2D eigenvalue weighted by Crippen LogP contribution is -2.57. The van der Waals surface area contributed by atoms with Crippen molar-refractivity contribution in [2.24, 2.45) is 5.92 Å². The summed E-state index contributed by atoms with van der Waals surface area (Å²) in [5.74, 6) is 0.244. The molecule has 6 heteroatoms. The first-order valence-electron chi connectivity index (χ1n) is 6.79. The Bertz CT molecular complexity index is 378. The zero-order valence-corrected chi connectivity index (χ0v) is 12.3. The lowest BCUT2D eigenvalue weighted by Gasteiger charge is -2.28. The molecule has 5 nitrogen and oxygen atoms in total. The van der Waals surface area contributed by atoms with Crippen molar-refractivity contribution in [3.8, 4) is 0 Å². The first-order valence-corrected chi connectivity index (χ1v) is 7.78. The second-order valence-corrected chi connectivity index (χ2v) is 7.67. The number of carbonyl (C=O) groups excluding carboxylic acids is 1. The van der Waals surface area contributed by atoms with Crippen LogP contribution in [-0.4, -0.2) is 39.7 Å². The van der Waals surface area contributed by atoms with Gasteiger partial charge in [-0.2, -0.15) is 11.8 Å². The number of thioether (sulfide) groups is 1. The normalized spacial score (nSPS) is 29.6. The smallest absolute Gasteiger partial charge is 0.329 e. The molecule has 3 N–H and O–H groups in total. The molecule has 1 aliphatic carbocycles. The number of nitrogens with one attached hydrogen (secondary N) is 2. The van der Waals surface area contributed by atoms with Crippen molar-refractivity contribution in [1.29, 1.82) is 0 Å². The number of carboxylic acid groups (broad SMARTS) is 1. The van der Waals surface area contributed by atoms with E-state index in [1.54, 1.807) is 6.92 Å². The summed E-state index contributed by atoms with van der Waals surface area (Å²) in [5.41, 5.74) is -1.13. The molecule has 1 saturated heterocycles. The van der Waals surface area contributed by atoms with Crippen LogP contribution in [0.3, 0.4) is 0 Å². The van der Waals surface area contributed by atoms with Gasteiger partial charge in [-0.25, -0.2) is 9.59 Å². The van der Waals surface area contributed by atoms with Crippen LogP contribution in [0.5, 0.6) is 0 Å². The molecule has 19 heavy (non-hydrogen) atoms. The molecule has 0 aromatic heterocycles. The van der Waals surface area contributed by atoms with E-state index in [0.29, 0.717) is 6.54 Å². The number of amides is 2. The van der Waals surface area contributed by atoms with Crippen LogP contribution in [0.4, 0.5) is 4.79 Å². The van der Waals surface area contributed by atoms with Crippen LogP contribution < -0.4 is 10.6 Å². The maximum atomic E-state index is 11.9. The monoisotopic (exact) mass is 286 g/mol. The average Bonchev–Trinajstić information content (AvgIpc) is 3.11. The van der Waals surface area contributed by atoms with E-state index in [1.807, 2.05) is 11.8 Å². The van der Waals surface area contributed by atoms with Crippen molar-refractivity contribution in [2.75, 3.05) is 12.3 Å². The number of carboxylic acids is 1. The van der Waals surface area contributed by atoms with E-state index in [0.717, 1.165) is 25.0 Å². The van der Waals surface area contributed by atoms with Crippen LogP contribution in [0.2, 0.25) is 0 Å². The van der Waals surface area contributed by atoms with Crippen LogP contribution in [0.1, 0.15) is 39.5 Å². The molecule has 0 aromatic rings. The lowest BCUT2D eigenvalue weighted by atomic mass is 9.96.